The Morgan fingerprint density at radius 2 is 0.891 bits per heavy atom. The molecule has 0 aromatic heterocycles. The Labute approximate surface area is 393 Å². The minimum Gasteiger partial charge on any atom is -0.463 e. The van der Waals surface area contributed by atoms with Gasteiger partial charge in [0.15, 0.2) is 0 Å². The van der Waals surface area contributed by atoms with Crippen molar-refractivity contribution in [3.63, 3.8) is 0 Å². The number of phosphoric ester groups is 1. The number of allylic oxidation sites excluding steroid dienone is 10. The van der Waals surface area contributed by atoms with Crippen molar-refractivity contribution >= 4 is 19.7 Å². The summed E-state index contributed by atoms with van der Waals surface area (Å²) < 4.78 is 27.0. The molecule has 0 saturated carbocycles. The van der Waals surface area contributed by atoms with E-state index in [4.69, 9.17) is 13.8 Å². The molecule has 1 amide bonds. The molecule has 0 saturated heterocycles. The molecule has 0 spiro atoms. The SMILES string of the molecule is CC/C=C\C/C=C\C/C=C\C/C=C\C/C=C\CCCCCCCCCC(=O)NCCOP(=O)(O)OCC(O)COC(=O)CCCCCCCCCCCCCCCCCCCCCC. The van der Waals surface area contributed by atoms with Gasteiger partial charge in [-0.1, -0.05) is 229 Å². The van der Waals surface area contributed by atoms with Gasteiger partial charge in [0.25, 0.3) is 0 Å². The lowest BCUT2D eigenvalue weighted by Gasteiger charge is -2.15. The van der Waals surface area contributed by atoms with Gasteiger partial charge in [-0.15, -0.1) is 0 Å². The Morgan fingerprint density at radius 3 is 1.34 bits per heavy atom. The van der Waals surface area contributed by atoms with E-state index in [-0.39, 0.29) is 32.1 Å². The van der Waals surface area contributed by atoms with Crippen LogP contribution >= 0.6 is 7.82 Å². The van der Waals surface area contributed by atoms with Crippen LogP contribution in [-0.2, 0) is 27.9 Å². The Bertz CT molecular complexity index is 1230. The van der Waals surface area contributed by atoms with Gasteiger partial charge in [0.2, 0.25) is 5.91 Å². The van der Waals surface area contributed by atoms with Gasteiger partial charge in [0.05, 0.1) is 13.2 Å². The van der Waals surface area contributed by atoms with Gasteiger partial charge in [0.1, 0.15) is 12.7 Å². The van der Waals surface area contributed by atoms with E-state index in [2.05, 4.69) is 79.9 Å². The Hall–Kier alpha value is -2.29. The molecule has 64 heavy (non-hydrogen) atoms. The number of hydrogen-bond donors (Lipinski definition) is 3. The smallest absolute Gasteiger partial charge is 0.463 e. The third-order valence-electron chi connectivity index (χ3n) is 11.2. The van der Waals surface area contributed by atoms with Gasteiger partial charge in [-0.05, 0) is 57.8 Å². The molecule has 3 N–H and O–H groups in total. The molecular formula is C54H98NO8P. The standard InChI is InChI=1S/C54H98NO8P/c1-3-5-7-9-11-13-15-17-19-21-23-25-26-27-28-30-32-34-36-38-40-42-44-46-53(57)55-48-49-62-64(59,60)63-51-52(56)50-61-54(58)47-45-43-41-39-37-35-33-31-29-24-22-20-18-16-14-12-10-8-6-4-2/h5,7,11,13,17,19,23,25,27-28,52,56H,3-4,6,8-10,12,14-16,18,20-22,24,26,29-51H2,1-2H3,(H,55,57)(H,59,60)/b7-5-,13-11-,19-17-,25-23-,28-27-. The van der Waals surface area contributed by atoms with Crippen LogP contribution in [0.25, 0.3) is 0 Å². The number of hydrogen-bond acceptors (Lipinski definition) is 7. The van der Waals surface area contributed by atoms with Crippen LogP contribution in [-0.4, -0.2) is 54.3 Å². The summed E-state index contributed by atoms with van der Waals surface area (Å²) in [7, 11) is -4.43. The van der Waals surface area contributed by atoms with Crippen molar-refractivity contribution in [3.05, 3.63) is 60.8 Å². The largest absolute Gasteiger partial charge is 0.472 e. The fourth-order valence-electron chi connectivity index (χ4n) is 7.29. The van der Waals surface area contributed by atoms with Gasteiger partial charge in [0, 0.05) is 19.4 Å². The first-order valence-corrected chi connectivity index (χ1v) is 27.8. The van der Waals surface area contributed by atoms with Crippen molar-refractivity contribution in [3.8, 4) is 0 Å². The van der Waals surface area contributed by atoms with Gasteiger partial charge in [-0.3, -0.25) is 18.6 Å². The Kier molecular flexibility index (Phi) is 48.3. The van der Waals surface area contributed by atoms with Crippen molar-refractivity contribution in [2.24, 2.45) is 0 Å². The number of carbonyl (C=O) groups is 2. The van der Waals surface area contributed by atoms with Gasteiger partial charge in [-0.2, -0.15) is 0 Å². The highest BCUT2D eigenvalue weighted by atomic mass is 31.2. The molecule has 2 unspecified atom stereocenters. The lowest BCUT2D eigenvalue weighted by molar-refractivity contribution is -0.147. The molecule has 0 aliphatic rings. The molecule has 0 aromatic carbocycles. The van der Waals surface area contributed by atoms with Crippen LogP contribution < -0.4 is 5.32 Å². The molecule has 0 rings (SSSR count). The van der Waals surface area contributed by atoms with E-state index >= 15 is 0 Å². The molecule has 0 radical (unpaired) electrons. The number of rotatable bonds is 49. The van der Waals surface area contributed by atoms with Gasteiger partial charge in [-0.25, -0.2) is 4.57 Å². The molecule has 2 atom stereocenters. The number of amides is 1. The minimum absolute atomic E-state index is 0.0737. The number of ether oxygens (including phenoxy) is 1. The molecule has 0 aromatic rings. The second kappa shape index (κ2) is 50.1. The van der Waals surface area contributed by atoms with Crippen molar-refractivity contribution in [1.29, 1.82) is 0 Å². The molecule has 0 fully saturated rings. The van der Waals surface area contributed by atoms with Crippen molar-refractivity contribution in [1.82, 2.24) is 5.32 Å². The maximum atomic E-state index is 12.2. The summed E-state index contributed by atoms with van der Waals surface area (Å²) in [6.07, 6.45) is 61.6. The molecule has 372 valence electrons. The summed E-state index contributed by atoms with van der Waals surface area (Å²) in [4.78, 5) is 34.1. The number of aliphatic hydroxyl groups is 1. The second-order valence-corrected chi connectivity index (χ2v) is 18.9. The number of aliphatic hydroxyl groups excluding tert-OH is 1. The fourth-order valence-corrected chi connectivity index (χ4v) is 8.05. The maximum Gasteiger partial charge on any atom is 0.472 e. The van der Waals surface area contributed by atoms with Crippen LogP contribution in [0.4, 0.5) is 0 Å². The average molecular weight is 920 g/mol. The second-order valence-electron chi connectivity index (χ2n) is 17.5. The third kappa shape index (κ3) is 50.7. The normalized spacial score (nSPS) is 13.6. The lowest BCUT2D eigenvalue weighted by Crippen LogP contribution is -2.27. The van der Waals surface area contributed by atoms with Crippen LogP contribution in [0.5, 0.6) is 0 Å². The van der Waals surface area contributed by atoms with Crippen molar-refractivity contribution < 1.29 is 37.9 Å². The van der Waals surface area contributed by atoms with E-state index in [0.29, 0.717) is 6.42 Å². The average Bonchev–Trinajstić information content (AvgIpc) is 3.28. The summed E-state index contributed by atoms with van der Waals surface area (Å²) in [5.74, 6) is -0.522. The molecule has 0 heterocycles. The molecular weight excluding hydrogens is 822 g/mol. The molecule has 9 nitrogen and oxygen atoms in total. The zero-order valence-electron chi connectivity index (χ0n) is 41.2. The first-order chi connectivity index (χ1) is 31.3. The zero-order valence-corrected chi connectivity index (χ0v) is 42.1. The maximum absolute atomic E-state index is 12.2. The highest BCUT2D eigenvalue weighted by Gasteiger charge is 2.23. The van der Waals surface area contributed by atoms with Crippen molar-refractivity contribution in [2.45, 2.75) is 245 Å². The molecule has 10 heteroatoms. The Balaban J connectivity index is 3.57. The van der Waals surface area contributed by atoms with E-state index in [1.807, 2.05) is 0 Å². The topological polar surface area (TPSA) is 131 Å². The van der Waals surface area contributed by atoms with Crippen LogP contribution in [0.15, 0.2) is 60.8 Å². The first kappa shape index (κ1) is 61.7. The summed E-state index contributed by atoms with van der Waals surface area (Å²) in [5, 5.41) is 12.8. The third-order valence-corrected chi connectivity index (χ3v) is 12.2. The molecule has 0 bridgehead atoms. The van der Waals surface area contributed by atoms with Gasteiger partial charge >= 0.3 is 13.8 Å². The monoisotopic (exact) mass is 920 g/mol. The van der Waals surface area contributed by atoms with E-state index in [9.17, 15) is 24.2 Å². The predicted octanol–water partition coefficient (Wildman–Crippen LogP) is 15.6. The highest BCUT2D eigenvalue weighted by molar-refractivity contribution is 7.47. The van der Waals surface area contributed by atoms with Crippen molar-refractivity contribution in [2.75, 3.05) is 26.4 Å². The summed E-state index contributed by atoms with van der Waals surface area (Å²) in [5.41, 5.74) is 0. The van der Waals surface area contributed by atoms with Crippen LogP contribution in [0.3, 0.4) is 0 Å². The first-order valence-electron chi connectivity index (χ1n) is 26.3. The number of unbranched alkanes of at least 4 members (excludes halogenated alkanes) is 26. The highest BCUT2D eigenvalue weighted by Crippen LogP contribution is 2.42. The number of nitrogens with one attached hydrogen (secondary N) is 1. The number of phosphoric acid groups is 1. The number of esters is 1. The fraction of sp³-hybridized carbons (Fsp3) is 0.778. The van der Waals surface area contributed by atoms with E-state index in [1.54, 1.807) is 0 Å². The van der Waals surface area contributed by atoms with Crippen LogP contribution in [0.2, 0.25) is 0 Å². The Morgan fingerprint density at radius 1 is 0.500 bits per heavy atom. The quantitative estimate of drug-likeness (QED) is 0.0238. The molecule has 0 aliphatic heterocycles. The lowest BCUT2D eigenvalue weighted by atomic mass is 10.0. The number of carbonyl (C=O) groups excluding carboxylic acids is 2. The summed E-state index contributed by atoms with van der Waals surface area (Å²) >= 11 is 0. The zero-order chi connectivity index (χ0) is 46.7. The van der Waals surface area contributed by atoms with Crippen LogP contribution in [0.1, 0.15) is 239 Å². The van der Waals surface area contributed by atoms with Gasteiger partial charge < -0.3 is 20.1 Å². The van der Waals surface area contributed by atoms with E-state index in [0.717, 1.165) is 77.0 Å². The summed E-state index contributed by atoms with van der Waals surface area (Å²) in [6, 6.07) is 0. The van der Waals surface area contributed by atoms with Crippen LogP contribution in [0, 0.1) is 0 Å². The van der Waals surface area contributed by atoms with E-state index < -0.39 is 26.5 Å². The summed E-state index contributed by atoms with van der Waals surface area (Å²) in [6.45, 7) is 3.46. The minimum atomic E-state index is -4.43. The molecule has 0 aliphatic carbocycles. The predicted molar refractivity (Wildman–Crippen MR) is 270 cm³/mol. The van der Waals surface area contributed by atoms with E-state index in [1.165, 1.54) is 135 Å².